The van der Waals surface area contributed by atoms with Gasteiger partial charge in [0.15, 0.2) is 5.96 Å². The molecule has 0 unspecified atom stereocenters. The number of hydrogen-bond donors (Lipinski definition) is 1. The van der Waals surface area contributed by atoms with Gasteiger partial charge < -0.3 is 10.6 Å². The maximum Gasteiger partial charge on any atom is 0.269 e. The third kappa shape index (κ3) is 3.85. The summed E-state index contributed by atoms with van der Waals surface area (Å²) >= 11 is 1.92. The van der Waals surface area contributed by atoms with E-state index in [2.05, 4.69) is 9.89 Å². The zero-order valence-corrected chi connectivity index (χ0v) is 11.3. The average Bonchev–Trinajstić information content (AvgIpc) is 2.46. The first-order chi connectivity index (χ1) is 9.16. The number of nitro benzene ring substituents is 1. The number of nitrogens with two attached hydrogens (primary N) is 1. The molecule has 7 heteroatoms. The molecule has 0 radical (unpaired) electrons. The number of hydrogen-bond acceptors (Lipinski definition) is 4. The second kappa shape index (κ2) is 6.42. The van der Waals surface area contributed by atoms with Crippen LogP contribution in [0.3, 0.4) is 0 Å². The zero-order chi connectivity index (χ0) is 13.7. The summed E-state index contributed by atoms with van der Waals surface area (Å²) in [5.41, 5.74) is 6.94. The van der Waals surface area contributed by atoms with Crippen molar-refractivity contribution in [3.8, 4) is 0 Å². The number of nitro groups is 1. The maximum absolute atomic E-state index is 10.5. The van der Waals surface area contributed by atoms with Crippen molar-refractivity contribution in [2.24, 2.45) is 10.7 Å². The van der Waals surface area contributed by atoms with Gasteiger partial charge in [0, 0.05) is 36.7 Å². The number of nitrogens with zero attached hydrogens (tertiary/aromatic N) is 3. The Hall–Kier alpha value is -1.76. The van der Waals surface area contributed by atoms with E-state index in [4.69, 9.17) is 5.73 Å². The smallest absolute Gasteiger partial charge is 0.269 e. The lowest BCUT2D eigenvalue weighted by atomic mass is 10.2. The van der Waals surface area contributed by atoms with E-state index in [1.54, 1.807) is 12.1 Å². The molecule has 1 aromatic rings. The first-order valence-electron chi connectivity index (χ1n) is 6.03. The highest BCUT2D eigenvalue weighted by Crippen LogP contribution is 2.13. The molecular formula is C12H16N4O2S. The summed E-state index contributed by atoms with van der Waals surface area (Å²) < 4.78 is 0. The van der Waals surface area contributed by atoms with Gasteiger partial charge in [-0.15, -0.1) is 0 Å². The summed E-state index contributed by atoms with van der Waals surface area (Å²) in [6.07, 6.45) is 0. The van der Waals surface area contributed by atoms with Crippen LogP contribution < -0.4 is 5.73 Å². The van der Waals surface area contributed by atoms with E-state index in [1.165, 1.54) is 12.1 Å². The Morgan fingerprint density at radius 3 is 2.58 bits per heavy atom. The molecule has 0 saturated carbocycles. The lowest BCUT2D eigenvalue weighted by Crippen LogP contribution is -2.42. The van der Waals surface area contributed by atoms with Gasteiger partial charge in [-0.1, -0.05) is 12.1 Å². The highest BCUT2D eigenvalue weighted by Gasteiger charge is 2.12. The number of thioether (sulfide) groups is 1. The molecule has 0 aromatic heterocycles. The van der Waals surface area contributed by atoms with Gasteiger partial charge in [-0.05, 0) is 5.56 Å². The van der Waals surface area contributed by atoms with Crippen molar-refractivity contribution in [1.82, 2.24) is 4.90 Å². The van der Waals surface area contributed by atoms with Crippen LogP contribution in [0, 0.1) is 10.1 Å². The largest absolute Gasteiger partial charge is 0.370 e. The Kier molecular flexibility index (Phi) is 4.62. The fourth-order valence-electron chi connectivity index (χ4n) is 1.79. The Morgan fingerprint density at radius 1 is 1.37 bits per heavy atom. The Morgan fingerprint density at radius 2 is 2.00 bits per heavy atom. The molecule has 0 aliphatic carbocycles. The first kappa shape index (κ1) is 13.7. The average molecular weight is 280 g/mol. The molecule has 19 heavy (non-hydrogen) atoms. The van der Waals surface area contributed by atoms with E-state index in [1.807, 2.05) is 11.8 Å². The van der Waals surface area contributed by atoms with E-state index >= 15 is 0 Å². The lowest BCUT2D eigenvalue weighted by molar-refractivity contribution is -0.384. The van der Waals surface area contributed by atoms with Crippen LogP contribution in [-0.4, -0.2) is 40.4 Å². The summed E-state index contributed by atoms with van der Waals surface area (Å²) in [6, 6.07) is 6.39. The second-order valence-corrected chi connectivity index (χ2v) is 5.42. The molecule has 6 nitrogen and oxygen atoms in total. The molecule has 1 heterocycles. The summed E-state index contributed by atoms with van der Waals surface area (Å²) in [5, 5.41) is 10.5. The van der Waals surface area contributed by atoms with E-state index in [9.17, 15) is 10.1 Å². The second-order valence-electron chi connectivity index (χ2n) is 4.20. The minimum absolute atomic E-state index is 0.0914. The van der Waals surface area contributed by atoms with Crippen LogP contribution in [0.5, 0.6) is 0 Å². The Bertz CT molecular complexity index is 469. The molecule has 2 rings (SSSR count). The fraction of sp³-hybridized carbons (Fsp3) is 0.417. The molecule has 1 saturated heterocycles. The summed E-state index contributed by atoms with van der Waals surface area (Å²) in [5.74, 6) is 2.71. The van der Waals surface area contributed by atoms with Crippen LogP contribution in [0.2, 0.25) is 0 Å². The monoisotopic (exact) mass is 280 g/mol. The first-order valence-corrected chi connectivity index (χ1v) is 7.18. The third-order valence-electron chi connectivity index (χ3n) is 2.91. The summed E-state index contributed by atoms with van der Waals surface area (Å²) in [4.78, 5) is 16.5. The molecule has 2 N–H and O–H groups in total. The molecule has 0 amide bonds. The van der Waals surface area contributed by atoms with Gasteiger partial charge in [-0.3, -0.25) is 10.1 Å². The Balaban J connectivity index is 1.94. The van der Waals surface area contributed by atoms with E-state index < -0.39 is 4.92 Å². The van der Waals surface area contributed by atoms with Crippen molar-refractivity contribution in [3.05, 3.63) is 39.9 Å². The van der Waals surface area contributed by atoms with E-state index in [0.29, 0.717) is 12.5 Å². The third-order valence-corrected chi connectivity index (χ3v) is 3.85. The number of guanidine groups is 1. The molecular weight excluding hydrogens is 264 g/mol. The van der Waals surface area contributed by atoms with Gasteiger partial charge in [-0.25, -0.2) is 4.99 Å². The molecule has 1 aromatic carbocycles. The van der Waals surface area contributed by atoms with Crippen LogP contribution >= 0.6 is 11.8 Å². The van der Waals surface area contributed by atoms with Crippen molar-refractivity contribution in [2.45, 2.75) is 6.54 Å². The normalized spacial score (nSPS) is 16.4. The van der Waals surface area contributed by atoms with Gasteiger partial charge in [0.1, 0.15) is 0 Å². The lowest BCUT2D eigenvalue weighted by Gasteiger charge is -2.27. The molecule has 1 aliphatic heterocycles. The highest BCUT2D eigenvalue weighted by atomic mass is 32.2. The minimum Gasteiger partial charge on any atom is -0.370 e. The number of rotatable bonds is 3. The highest BCUT2D eigenvalue weighted by molar-refractivity contribution is 7.99. The topological polar surface area (TPSA) is 84.8 Å². The quantitative estimate of drug-likeness (QED) is 0.392. The molecule has 0 spiro atoms. The van der Waals surface area contributed by atoms with Gasteiger partial charge in [0.05, 0.1) is 11.5 Å². The van der Waals surface area contributed by atoms with Crippen LogP contribution in [0.15, 0.2) is 29.3 Å². The van der Waals surface area contributed by atoms with Gasteiger partial charge in [0.2, 0.25) is 0 Å². The standard InChI is InChI=1S/C12H16N4O2S/c13-12(15-5-7-19-8-6-15)14-9-10-1-3-11(4-2-10)16(17)18/h1-4H,5-9H2,(H2,13,14). The van der Waals surface area contributed by atoms with Crippen molar-refractivity contribution in [3.63, 3.8) is 0 Å². The fourth-order valence-corrected chi connectivity index (χ4v) is 2.69. The predicted octanol–water partition coefficient (Wildman–Crippen LogP) is 1.46. The van der Waals surface area contributed by atoms with Crippen molar-refractivity contribution < 1.29 is 4.92 Å². The van der Waals surface area contributed by atoms with Gasteiger partial charge >= 0.3 is 0 Å². The zero-order valence-electron chi connectivity index (χ0n) is 10.5. The van der Waals surface area contributed by atoms with Gasteiger partial charge in [0.25, 0.3) is 5.69 Å². The summed E-state index contributed by atoms with van der Waals surface area (Å²) in [7, 11) is 0. The predicted molar refractivity (Wildman–Crippen MR) is 77.3 cm³/mol. The number of benzene rings is 1. The van der Waals surface area contributed by atoms with Crippen LogP contribution in [-0.2, 0) is 6.54 Å². The van der Waals surface area contributed by atoms with E-state index in [-0.39, 0.29) is 5.69 Å². The number of non-ortho nitro benzene ring substituents is 1. The molecule has 1 aliphatic rings. The molecule has 102 valence electrons. The summed E-state index contributed by atoms with van der Waals surface area (Å²) in [6.45, 7) is 2.31. The minimum atomic E-state index is -0.410. The van der Waals surface area contributed by atoms with E-state index in [0.717, 1.165) is 30.2 Å². The van der Waals surface area contributed by atoms with Gasteiger partial charge in [-0.2, -0.15) is 11.8 Å². The van der Waals surface area contributed by atoms with Crippen molar-refractivity contribution >= 4 is 23.4 Å². The van der Waals surface area contributed by atoms with Crippen LogP contribution in [0.25, 0.3) is 0 Å². The van der Waals surface area contributed by atoms with Crippen LogP contribution in [0.1, 0.15) is 5.56 Å². The molecule has 0 atom stereocenters. The van der Waals surface area contributed by atoms with Crippen molar-refractivity contribution in [2.75, 3.05) is 24.6 Å². The SMILES string of the molecule is NC(=NCc1ccc([N+](=O)[O-])cc1)N1CCSCC1. The number of aliphatic imine (C=N–C) groups is 1. The molecule has 0 bridgehead atoms. The van der Waals surface area contributed by atoms with Crippen LogP contribution in [0.4, 0.5) is 5.69 Å². The Labute approximate surface area is 115 Å². The molecule has 1 fully saturated rings. The van der Waals surface area contributed by atoms with Crippen molar-refractivity contribution in [1.29, 1.82) is 0 Å². The maximum atomic E-state index is 10.5.